The molecule has 2 aromatic carbocycles. The number of sulfone groups is 1. The molecule has 0 bridgehead atoms. The molecule has 1 amide bonds. The van der Waals surface area contributed by atoms with Crippen molar-refractivity contribution in [2.24, 2.45) is 0 Å². The Labute approximate surface area is 168 Å². The van der Waals surface area contributed by atoms with Gasteiger partial charge in [0.2, 0.25) is 5.91 Å². The maximum Gasteiger partial charge on any atom is 0.269 e. The van der Waals surface area contributed by atoms with Gasteiger partial charge in [0.25, 0.3) is 5.69 Å². The standard InChI is InChI=1S/C19H22N2O5S2/c1-3-18(15-6-10-17(11-7-15)28(2,25)26)20-19(22)13-27-12-14-4-8-16(9-5-14)21(23)24/h4-11,18H,3,12-13H2,1-2H3,(H,20,22)/t18-/m0/s1. The Balaban J connectivity index is 1.87. The lowest BCUT2D eigenvalue weighted by atomic mass is 10.0. The van der Waals surface area contributed by atoms with E-state index < -0.39 is 14.8 Å². The summed E-state index contributed by atoms with van der Waals surface area (Å²) in [6.07, 6.45) is 1.83. The van der Waals surface area contributed by atoms with Crippen LogP contribution in [0.3, 0.4) is 0 Å². The number of rotatable bonds is 9. The number of amides is 1. The highest BCUT2D eigenvalue weighted by Gasteiger charge is 2.14. The zero-order valence-corrected chi connectivity index (χ0v) is 17.3. The van der Waals surface area contributed by atoms with Crippen LogP contribution in [0.15, 0.2) is 53.4 Å². The zero-order valence-electron chi connectivity index (χ0n) is 15.6. The minimum Gasteiger partial charge on any atom is -0.349 e. The molecule has 0 aliphatic heterocycles. The summed E-state index contributed by atoms with van der Waals surface area (Å²) in [6.45, 7) is 1.94. The topological polar surface area (TPSA) is 106 Å². The van der Waals surface area contributed by atoms with Gasteiger partial charge in [-0.25, -0.2) is 8.42 Å². The molecule has 1 atom stereocenters. The van der Waals surface area contributed by atoms with Gasteiger partial charge >= 0.3 is 0 Å². The fourth-order valence-corrected chi connectivity index (χ4v) is 4.01. The molecule has 0 saturated carbocycles. The smallest absolute Gasteiger partial charge is 0.269 e. The molecule has 1 N–H and O–H groups in total. The molecule has 0 aliphatic carbocycles. The third kappa shape index (κ3) is 6.35. The summed E-state index contributed by atoms with van der Waals surface area (Å²) < 4.78 is 23.1. The largest absolute Gasteiger partial charge is 0.349 e. The van der Waals surface area contributed by atoms with Crippen molar-refractivity contribution in [1.29, 1.82) is 0 Å². The first-order chi connectivity index (χ1) is 13.2. The van der Waals surface area contributed by atoms with Gasteiger partial charge < -0.3 is 5.32 Å². The Bertz CT molecular complexity index is 926. The number of nitro benzene ring substituents is 1. The minimum absolute atomic E-state index is 0.0409. The summed E-state index contributed by atoms with van der Waals surface area (Å²) in [5.74, 6) is 0.714. The van der Waals surface area contributed by atoms with E-state index in [9.17, 15) is 23.3 Å². The summed E-state index contributed by atoms with van der Waals surface area (Å²) in [5.41, 5.74) is 1.80. The van der Waals surface area contributed by atoms with Crippen LogP contribution in [-0.4, -0.2) is 31.3 Å². The van der Waals surface area contributed by atoms with Gasteiger partial charge in [-0.1, -0.05) is 31.2 Å². The lowest BCUT2D eigenvalue weighted by molar-refractivity contribution is -0.384. The van der Waals surface area contributed by atoms with E-state index in [1.165, 1.54) is 23.9 Å². The van der Waals surface area contributed by atoms with E-state index in [-0.39, 0.29) is 28.3 Å². The lowest BCUT2D eigenvalue weighted by Crippen LogP contribution is -2.29. The molecule has 150 valence electrons. The second-order valence-corrected chi connectivity index (χ2v) is 9.29. The second-order valence-electron chi connectivity index (χ2n) is 6.29. The number of nitrogens with zero attached hydrogens (tertiary/aromatic N) is 1. The molecule has 0 heterocycles. The van der Waals surface area contributed by atoms with Crippen LogP contribution in [0.1, 0.15) is 30.5 Å². The van der Waals surface area contributed by atoms with E-state index in [0.717, 1.165) is 17.4 Å². The Hall–Kier alpha value is -2.39. The molecule has 0 unspecified atom stereocenters. The van der Waals surface area contributed by atoms with Crippen LogP contribution in [0.5, 0.6) is 0 Å². The van der Waals surface area contributed by atoms with Crippen molar-refractivity contribution in [2.75, 3.05) is 12.0 Å². The molecule has 0 fully saturated rings. The average molecular weight is 423 g/mol. The number of carbonyl (C=O) groups excluding carboxylic acids is 1. The van der Waals surface area contributed by atoms with Gasteiger partial charge in [0.1, 0.15) is 0 Å². The number of carbonyl (C=O) groups is 1. The highest BCUT2D eigenvalue weighted by Crippen LogP contribution is 2.20. The molecule has 0 saturated heterocycles. The van der Waals surface area contributed by atoms with Crippen LogP contribution in [0.2, 0.25) is 0 Å². The number of nitro groups is 1. The number of thioether (sulfide) groups is 1. The Morgan fingerprint density at radius 3 is 2.25 bits per heavy atom. The van der Waals surface area contributed by atoms with Gasteiger partial charge in [-0.2, -0.15) is 0 Å². The van der Waals surface area contributed by atoms with E-state index in [1.807, 2.05) is 6.92 Å². The fourth-order valence-electron chi connectivity index (χ4n) is 2.58. The Morgan fingerprint density at radius 2 is 1.75 bits per heavy atom. The lowest BCUT2D eigenvalue weighted by Gasteiger charge is -2.17. The van der Waals surface area contributed by atoms with Crippen molar-refractivity contribution in [3.8, 4) is 0 Å². The maximum absolute atomic E-state index is 12.2. The third-order valence-electron chi connectivity index (χ3n) is 4.10. The van der Waals surface area contributed by atoms with Gasteiger partial charge in [0, 0.05) is 24.1 Å². The number of non-ortho nitro benzene ring substituents is 1. The summed E-state index contributed by atoms with van der Waals surface area (Å²) in [4.78, 5) is 22.7. The molecule has 2 rings (SSSR count). The van der Waals surface area contributed by atoms with Crippen LogP contribution in [0.4, 0.5) is 5.69 Å². The number of nitrogens with one attached hydrogen (secondary N) is 1. The summed E-state index contributed by atoms with van der Waals surface area (Å²) in [5, 5.41) is 13.6. The first-order valence-electron chi connectivity index (χ1n) is 8.61. The van der Waals surface area contributed by atoms with E-state index in [0.29, 0.717) is 12.2 Å². The van der Waals surface area contributed by atoms with Crippen molar-refractivity contribution in [1.82, 2.24) is 5.32 Å². The van der Waals surface area contributed by atoms with Gasteiger partial charge in [0.15, 0.2) is 9.84 Å². The summed E-state index contributed by atoms with van der Waals surface area (Å²) >= 11 is 1.42. The highest BCUT2D eigenvalue weighted by atomic mass is 32.2. The van der Waals surface area contributed by atoms with E-state index in [4.69, 9.17) is 0 Å². The molecule has 7 nitrogen and oxygen atoms in total. The predicted molar refractivity (Wildman–Crippen MR) is 110 cm³/mol. The minimum atomic E-state index is -3.25. The first-order valence-corrected chi connectivity index (χ1v) is 11.7. The fraction of sp³-hybridized carbons (Fsp3) is 0.316. The van der Waals surface area contributed by atoms with Crippen LogP contribution < -0.4 is 5.32 Å². The van der Waals surface area contributed by atoms with Crippen LogP contribution in [0.25, 0.3) is 0 Å². The van der Waals surface area contributed by atoms with Crippen LogP contribution in [-0.2, 0) is 20.4 Å². The molecular weight excluding hydrogens is 400 g/mol. The molecule has 0 spiro atoms. The molecule has 0 aromatic heterocycles. The maximum atomic E-state index is 12.2. The van der Waals surface area contributed by atoms with Crippen molar-refractivity contribution in [2.45, 2.75) is 30.0 Å². The zero-order chi connectivity index (χ0) is 20.7. The summed E-state index contributed by atoms with van der Waals surface area (Å²) in [7, 11) is -3.25. The van der Waals surface area contributed by atoms with Crippen LogP contribution in [0, 0.1) is 10.1 Å². The Kier molecular flexibility index (Phi) is 7.59. The van der Waals surface area contributed by atoms with Gasteiger partial charge in [-0.3, -0.25) is 14.9 Å². The monoisotopic (exact) mass is 422 g/mol. The predicted octanol–water partition coefficient (Wildman–Crippen LogP) is 3.50. The molecule has 9 heteroatoms. The van der Waals surface area contributed by atoms with Crippen molar-refractivity contribution in [3.63, 3.8) is 0 Å². The third-order valence-corrected chi connectivity index (χ3v) is 6.24. The highest BCUT2D eigenvalue weighted by molar-refractivity contribution is 7.99. The number of benzene rings is 2. The van der Waals surface area contributed by atoms with Crippen molar-refractivity contribution >= 4 is 33.2 Å². The average Bonchev–Trinajstić information content (AvgIpc) is 2.66. The second kappa shape index (κ2) is 9.70. The molecular formula is C19H22N2O5S2. The SMILES string of the molecule is CC[C@H](NC(=O)CSCc1ccc([N+](=O)[O-])cc1)c1ccc(S(C)(=O)=O)cc1. The molecule has 0 aliphatic rings. The van der Waals surface area contributed by atoms with Gasteiger partial charge in [-0.05, 0) is 29.7 Å². The van der Waals surface area contributed by atoms with E-state index in [1.54, 1.807) is 36.4 Å². The van der Waals surface area contributed by atoms with E-state index in [2.05, 4.69) is 5.32 Å². The first kappa shape index (κ1) is 21.9. The van der Waals surface area contributed by atoms with E-state index >= 15 is 0 Å². The molecule has 28 heavy (non-hydrogen) atoms. The van der Waals surface area contributed by atoms with Crippen molar-refractivity contribution < 1.29 is 18.1 Å². The quantitative estimate of drug-likeness (QED) is 0.490. The number of hydrogen-bond acceptors (Lipinski definition) is 6. The van der Waals surface area contributed by atoms with Crippen molar-refractivity contribution in [3.05, 3.63) is 69.8 Å². The number of hydrogen-bond donors (Lipinski definition) is 1. The van der Waals surface area contributed by atoms with Gasteiger partial charge in [0.05, 0.1) is 21.6 Å². The summed E-state index contributed by atoms with van der Waals surface area (Å²) in [6, 6.07) is 12.6. The normalized spacial score (nSPS) is 12.4. The Morgan fingerprint density at radius 1 is 1.14 bits per heavy atom. The molecule has 2 aromatic rings. The van der Waals surface area contributed by atoms with Crippen LogP contribution >= 0.6 is 11.8 Å². The molecule has 0 radical (unpaired) electrons. The van der Waals surface area contributed by atoms with Gasteiger partial charge in [-0.15, -0.1) is 11.8 Å².